The van der Waals surface area contributed by atoms with Crippen LogP contribution in [0, 0.1) is 0 Å². The first-order valence-electron chi connectivity index (χ1n) is 9.41. The van der Waals surface area contributed by atoms with Gasteiger partial charge in [-0.3, -0.25) is 4.79 Å². The fourth-order valence-corrected chi connectivity index (χ4v) is 3.29. The van der Waals surface area contributed by atoms with Gasteiger partial charge in [-0.15, -0.1) is 0 Å². The number of hydrogen-bond donors (Lipinski definition) is 1. The summed E-state index contributed by atoms with van der Waals surface area (Å²) >= 11 is 5.96. The molecule has 3 aromatic carbocycles. The fraction of sp³-hybridized carbons (Fsp3) is 0.167. The van der Waals surface area contributed by atoms with Crippen LogP contribution in [0.3, 0.4) is 0 Å². The zero-order valence-corrected chi connectivity index (χ0v) is 17.3. The van der Waals surface area contributed by atoms with E-state index in [2.05, 4.69) is 5.16 Å². The highest BCUT2D eigenvalue weighted by Crippen LogP contribution is 2.27. The Morgan fingerprint density at radius 2 is 1.80 bits per heavy atom. The molecule has 6 heteroatoms. The van der Waals surface area contributed by atoms with E-state index in [1.165, 1.54) is 0 Å². The van der Waals surface area contributed by atoms with Crippen LogP contribution in [-0.2, 0) is 29.1 Å². The summed E-state index contributed by atoms with van der Waals surface area (Å²) in [4.78, 5) is 16.3. The second-order valence-electron chi connectivity index (χ2n) is 6.69. The van der Waals surface area contributed by atoms with Crippen molar-refractivity contribution in [3.63, 3.8) is 0 Å². The lowest BCUT2D eigenvalue weighted by molar-refractivity contribution is -0.136. The number of aliphatic carboxylic acids is 1. The van der Waals surface area contributed by atoms with E-state index in [0.29, 0.717) is 18.1 Å². The van der Waals surface area contributed by atoms with Gasteiger partial charge >= 0.3 is 5.97 Å². The molecule has 0 aliphatic carbocycles. The summed E-state index contributed by atoms with van der Waals surface area (Å²) in [5, 5.41) is 13.7. The van der Waals surface area contributed by atoms with Crippen LogP contribution in [-0.4, -0.2) is 24.4 Å². The second kappa shape index (κ2) is 10.5. The van der Waals surface area contributed by atoms with Gasteiger partial charge < -0.3 is 14.7 Å². The highest BCUT2D eigenvalue weighted by Gasteiger charge is 2.07. The Labute approximate surface area is 180 Å². The maximum Gasteiger partial charge on any atom is 0.307 e. The van der Waals surface area contributed by atoms with Crippen LogP contribution in [0.4, 0.5) is 0 Å². The smallest absolute Gasteiger partial charge is 0.307 e. The molecule has 0 saturated carbocycles. The average molecular weight is 424 g/mol. The number of carboxylic acids is 1. The topological polar surface area (TPSA) is 68.1 Å². The number of rotatable bonds is 9. The normalized spacial score (nSPS) is 10.9. The summed E-state index contributed by atoms with van der Waals surface area (Å²) in [7, 11) is 1.62. The molecule has 5 nitrogen and oxygen atoms in total. The maximum atomic E-state index is 11.0. The van der Waals surface area contributed by atoms with Crippen LogP contribution in [0.1, 0.15) is 16.7 Å². The van der Waals surface area contributed by atoms with Crippen LogP contribution in [0.25, 0.3) is 11.1 Å². The highest BCUT2D eigenvalue weighted by molar-refractivity contribution is 6.30. The van der Waals surface area contributed by atoms with Crippen molar-refractivity contribution in [1.82, 2.24) is 0 Å². The monoisotopic (exact) mass is 423 g/mol. The SMILES string of the molecule is COc1ccc(-c2cccc(CC(=O)O)c2)cc1CC=NOCc1cccc(Cl)c1. The van der Waals surface area contributed by atoms with Gasteiger partial charge in [0.2, 0.25) is 0 Å². The number of halogens is 1. The molecule has 0 aliphatic rings. The first kappa shape index (κ1) is 21.4. The molecule has 0 heterocycles. The average Bonchev–Trinajstić information content (AvgIpc) is 2.73. The summed E-state index contributed by atoms with van der Waals surface area (Å²) in [6, 6.07) is 20.8. The van der Waals surface area contributed by atoms with E-state index in [1.807, 2.05) is 66.7 Å². The molecule has 0 aromatic heterocycles. The van der Waals surface area contributed by atoms with Gasteiger partial charge in [-0.05, 0) is 46.5 Å². The third-order valence-electron chi connectivity index (χ3n) is 4.48. The number of carbonyl (C=O) groups is 1. The van der Waals surface area contributed by atoms with E-state index < -0.39 is 5.97 Å². The predicted molar refractivity (Wildman–Crippen MR) is 118 cm³/mol. The Kier molecular flexibility index (Phi) is 7.46. The minimum absolute atomic E-state index is 0.00647. The number of nitrogens with zero attached hydrogens (tertiary/aromatic N) is 1. The van der Waals surface area contributed by atoms with Gasteiger partial charge in [0.1, 0.15) is 12.4 Å². The maximum absolute atomic E-state index is 11.0. The second-order valence-corrected chi connectivity index (χ2v) is 7.13. The van der Waals surface area contributed by atoms with Crippen LogP contribution in [0.2, 0.25) is 5.02 Å². The zero-order chi connectivity index (χ0) is 21.3. The molecule has 0 radical (unpaired) electrons. The highest BCUT2D eigenvalue weighted by atomic mass is 35.5. The van der Waals surface area contributed by atoms with Crippen LogP contribution < -0.4 is 4.74 Å². The van der Waals surface area contributed by atoms with E-state index in [0.717, 1.165) is 33.6 Å². The molecule has 0 atom stereocenters. The van der Waals surface area contributed by atoms with Crippen molar-refractivity contribution in [2.24, 2.45) is 5.16 Å². The number of ether oxygens (including phenoxy) is 1. The Morgan fingerprint density at radius 3 is 2.57 bits per heavy atom. The number of methoxy groups -OCH3 is 1. The largest absolute Gasteiger partial charge is 0.496 e. The lowest BCUT2D eigenvalue weighted by Gasteiger charge is -2.10. The van der Waals surface area contributed by atoms with Crippen molar-refractivity contribution >= 4 is 23.8 Å². The summed E-state index contributed by atoms with van der Waals surface area (Å²) in [6.45, 7) is 0.338. The molecule has 0 bridgehead atoms. The molecule has 154 valence electrons. The number of carboxylic acid groups (broad SMARTS) is 1. The van der Waals surface area contributed by atoms with Gasteiger partial charge in [-0.1, -0.05) is 59.2 Å². The molecule has 0 saturated heterocycles. The standard InChI is InChI=1S/C24H22ClNO4/c1-29-23-9-8-20(19-6-2-4-17(12-19)14-24(27)28)15-21(23)10-11-26-30-16-18-5-3-7-22(25)13-18/h2-9,11-13,15H,10,14,16H2,1H3,(H,27,28). The van der Waals surface area contributed by atoms with Crippen molar-refractivity contribution < 1.29 is 19.5 Å². The molecular weight excluding hydrogens is 402 g/mol. The minimum atomic E-state index is -0.850. The van der Waals surface area contributed by atoms with Crippen LogP contribution in [0.5, 0.6) is 5.75 Å². The molecule has 0 fully saturated rings. The molecule has 0 spiro atoms. The molecule has 1 N–H and O–H groups in total. The fourth-order valence-electron chi connectivity index (χ4n) is 3.08. The lowest BCUT2D eigenvalue weighted by atomic mass is 9.99. The summed E-state index contributed by atoms with van der Waals surface area (Å²) in [6.07, 6.45) is 2.21. The van der Waals surface area contributed by atoms with E-state index >= 15 is 0 Å². The Hall–Kier alpha value is -3.31. The summed E-state index contributed by atoms with van der Waals surface area (Å²) in [5.74, 6) is -0.0988. The van der Waals surface area contributed by atoms with Gasteiger partial charge in [0, 0.05) is 23.2 Å². The molecular formula is C24H22ClNO4. The van der Waals surface area contributed by atoms with Crippen molar-refractivity contribution in [2.75, 3.05) is 7.11 Å². The van der Waals surface area contributed by atoms with Crippen LogP contribution in [0.15, 0.2) is 71.9 Å². The number of benzene rings is 3. The van der Waals surface area contributed by atoms with Crippen molar-refractivity contribution in [3.05, 3.63) is 88.4 Å². The van der Waals surface area contributed by atoms with Crippen molar-refractivity contribution in [2.45, 2.75) is 19.4 Å². The Bertz CT molecular complexity index is 1050. The van der Waals surface area contributed by atoms with Gasteiger partial charge in [0.15, 0.2) is 0 Å². The van der Waals surface area contributed by atoms with Gasteiger partial charge in [0.05, 0.1) is 13.5 Å². The van der Waals surface area contributed by atoms with E-state index in [1.54, 1.807) is 13.3 Å². The molecule has 3 aromatic rings. The summed E-state index contributed by atoms with van der Waals surface area (Å²) in [5.41, 5.74) is 4.58. The van der Waals surface area contributed by atoms with Gasteiger partial charge in [0.25, 0.3) is 0 Å². The van der Waals surface area contributed by atoms with Gasteiger partial charge in [-0.25, -0.2) is 0 Å². The van der Waals surface area contributed by atoms with E-state index in [9.17, 15) is 4.79 Å². The number of oxime groups is 1. The molecule has 30 heavy (non-hydrogen) atoms. The first-order chi connectivity index (χ1) is 14.5. The minimum Gasteiger partial charge on any atom is -0.496 e. The molecule has 3 rings (SSSR count). The Balaban J connectivity index is 1.69. The summed E-state index contributed by atoms with van der Waals surface area (Å²) < 4.78 is 5.46. The molecule has 0 aliphatic heterocycles. The molecule has 0 amide bonds. The lowest BCUT2D eigenvalue weighted by Crippen LogP contribution is -2.00. The van der Waals surface area contributed by atoms with Crippen molar-refractivity contribution in [1.29, 1.82) is 0 Å². The number of hydrogen-bond acceptors (Lipinski definition) is 4. The van der Waals surface area contributed by atoms with Crippen LogP contribution >= 0.6 is 11.6 Å². The van der Waals surface area contributed by atoms with Crippen molar-refractivity contribution in [3.8, 4) is 16.9 Å². The first-order valence-corrected chi connectivity index (χ1v) is 9.79. The van der Waals surface area contributed by atoms with Gasteiger partial charge in [-0.2, -0.15) is 0 Å². The molecule has 0 unspecified atom stereocenters. The zero-order valence-electron chi connectivity index (χ0n) is 16.5. The predicted octanol–water partition coefficient (Wildman–Crippen LogP) is 5.39. The third-order valence-corrected chi connectivity index (χ3v) is 4.71. The van der Waals surface area contributed by atoms with E-state index in [4.69, 9.17) is 26.3 Å². The third kappa shape index (κ3) is 6.09. The van der Waals surface area contributed by atoms with E-state index in [-0.39, 0.29) is 6.42 Å². The quantitative estimate of drug-likeness (QED) is 0.370. The Morgan fingerprint density at radius 1 is 1.03 bits per heavy atom.